The Morgan fingerprint density at radius 3 is 2.75 bits per heavy atom. The summed E-state index contributed by atoms with van der Waals surface area (Å²) in [5.74, 6) is -1.23. The van der Waals surface area contributed by atoms with Crippen LogP contribution in [0.15, 0.2) is 0 Å². The van der Waals surface area contributed by atoms with Crippen molar-refractivity contribution in [1.29, 1.82) is 0 Å². The lowest BCUT2D eigenvalue weighted by molar-refractivity contribution is -0.152. The number of rotatable bonds is 4. The first-order valence-electron chi connectivity index (χ1n) is 4.93. The minimum Gasteiger partial charge on any atom is -0.464 e. The lowest BCUT2D eigenvalue weighted by atomic mass is 10.3. The van der Waals surface area contributed by atoms with Crippen LogP contribution < -0.4 is 0 Å². The normalized spacial score (nSPS) is 18.8. The van der Waals surface area contributed by atoms with E-state index in [1.54, 1.807) is 6.92 Å². The fourth-order valence-electron chi connectivity index (χ4n) is 1.46. The molecule has 0 spiro atoms. The number of carbonyl (C=O) groups excluding carboxylic acids is 2. The number of ether oxygens (including phenoxy) is 1. The molecular weight excluding hydrogens is 257 g/mol. The molecule has 1 aliphatic rings. The van der Waals surface area contributed by atoms with Crippen LogP contribution in [0.5, 0.6) is 0 Å². The third-order valence-electron chi connectivity index (χ3n) is 2.28. The summed E-state index contributed by atoms with van der Waals surface area (Å²) in [7, 11) is 0. The Hall–Kier alpha value is -0.520. The van der Waals surface area contributed by atoms with Crippen molar-refractivity contribution in [3.8, 4) is 0 Å². The molecule has 0 aromatic heterocycles. The van der Waals surface area contributed by atoms with E-state index in [0.717, 1.165) is 4.90 Å². The molecule has 7 heteroatoms. The Kier molecular flexibility index (Phi) is 4.41. The minimum atomic E-state index is -2.14. The van der Waals surface area contributed by atoms with E-state index in [9.17, 15) is 14.7 Å². The number of alkyl halides is 2. The summed E-state index contributed by atoms with van der Waals surface area (Å²) in [6.45, 7) is 2.02. The van der Waals surface area contributed by atoms with Gasteiger partial charge in [-0.05, 0) is 13.3 Å². The largest absolute Gasteiger partial charge is 0.464 e. The van der Waals surface area contributed by atoms with Gasteiger partial charge in [0.2, 0.25) is 5.91 Å². The molecule has 1 aliphatic heterocycles. The van der Waals surface area contributed by atoms with Crippen molar-refractivity contribution in [3.05, 3.63) is 0 Å². The SMILES string of the molecule is CCOC(=O)C(Cl)(Cl)C(O)N1CCCC1=O. The third-order valence-corrected chi connectivity index (χ3v) is 2.98. The zero-order valence-electron chi connectivity index (χ0n) is 8.78. The van der Waals surface area contributed by atoms with Crippen LogP contribution in [0.2, 0.25) is 0 Å². The number of hydrogen-bond donors (Lipinski definition) is 1. The van der Waals surface area contributed by atoms with E-state index in [-0.39, 0.29) is 12.5 Å². The van der Waals surface area contributed by atoms with Crippen LogP contribution in [0, 0.1) is 0 Å². The van der Waals surface area contributed by atoms with E-state index in [4.69, 9.17) is 23.2 Å². The molecule has 0 aromatic carbocycles. The van der Waals surface area contributed by atoms with Gasteiger partial charge in [-0.15, -0.1) is 0 Å². The maximum atomic E-state index is 11.4. The number of amides is 1. The van der Waals surface area contributed by atoms with Crippen LogP contribution in [-0.4, -0.2) is 45.6 Å². The molecule has 1 N–H and O–H groups in total. The van der Waals surface area contributed by atoms with Gasteiger partial charge in [-0.25, -0.2) is 4.79 Å². The molecule has 0 aromatic rings. The smallest absolute Gasteiger partial charge is 0.347 e. The molecule has 16 heavy (non-hydrogen) atoms. The van der Waals surface area contributed by atoms with Crippen molar-refractivity contribution in [1.82, 2.24) is 4.90 Å². The van der Waals surface area contributed by atoms with Crippen molar-refractivity contribution in [2.24, 2.45) is 0 Å². The van der Waals surface area contributed by atoms with Crippen molar-refractivity contribution in [3.63, 3.8) is 0 Å². The van der Waals surface area contributed by atoms with Crippen LogP contribution in [-0.2, 0) is 14.3 Å². The Balaban J connectivity index is 2.74. The lowest BCUT2D eigenvalue weighted by Gasteiger charge is -2.30. The number of carbonyl (C=O) groups is 2. The highest BCUT2D eigenvalue weighted by atomic mass is 35.5. The van der Waals surface area contributed by atoms with E-state index in [0.29, 0.717) is 19.4 Å². The summed E-state index contributed by atoms with van der Waals surface area (Å²) in [5, 5.41) is 9.78. The maximum absolute atomic E-state index is 11.4. The Morgan fingerprint density at radius 1 is 1.69 bits per heavy atom. The van der Waals surface area contributed by atoms with Crippen LogP contribution in [0.3, 0.4) is 0 Å². The summed E-state index contributed by atoms with van der Waals surface area (Å²) >= 11 is 11.4. The number of aliphatic hydroxyl groups is 1. The number of likely N-dealkylation sites (tertiary alicyclic amines) is 1. The van der Waals surface area contributed by atoms with Gasteiger partial charge in [-0.2, -0.15) is 0 Å². The van der Waals surface area contributed by atoms with Gasteiger partial charge in [0, 0.05) is 13.0 Å². The highest BCUT2D eigenvalue weighted by Gasteiger charge is 2.48. The van der Waals surface area contributed by atoms with Crippen LogP contribution in [0.25, 0.3) is 0 Å². The molecule has 1 heterocycles. The van der Waals surface area contributed by atoms with Crippen molar-refractivity contribution in [2.45, 2.75) is 30.3 Å². The van der Waals surface area contributed by atoms with Gasteiger partial charge in [0.1, 0.15) is 0 Å². The number of halogens is 2. The second kappa shape index (κ2) is 5.21. The molecule has 1 unspecified atom stereocenters. The fraction of sp³-hybridized carbons (Fsp3) is 0.778. The molecule has 1 saturated heterocycles. The highest BCUT2D eigenvalue weighted by Crippen LogP contribution is 2.31. The van der Waals surface area contributed by atoms with Gasteiger partial charge in [0.25, 0.3) is 4.33 Å². The van der Waals surface area contributed by atoms with Crippen LogP contribution >= 0.6 is 23.2 Å². The van der Waals surface area contributed by atoms with Crippen molar-refractivity contribution >= 4 is 35.1 Å². The van der Waals surface area contributed by atoms with Gasteiger partial charge in [0.15, 0.2) is 6.23 Å². The number of aliphatic hydroxyl groups excluding tert-OH is 1. The standard InChI is InChI=1S/C9H13Cl2NO4/c1-2-16-8(15)9(10,11)7(14)12-5-3-4-6(12)13/h7,14H,2-5H2,1H3. The lowest BCUT2D eigenvalue weighted by Crippen LogP contribution is -2.51. The highest BCUT2D eigenvalue weighted by molar-refractivity contribution is 6.58. The number of esters is 1. The molecule has 5 nitrogen and oxygen atoms in total. The van der Waals surface area contributed by atoms with Gasteiger partial charge < -0.3 is 14.7 Å². The van der Waals surface area contributed by atoms with E-state index in [1.165, 1.54) is 0 Å². The summed E-state index contributed by atoms with van der Waals surface area (Å²) < 4.78 is 2.48. The monoisotopic (exact) mass is 269 g/mol. The number of nitrogens with zero attached hydrogens (tertiary/aromatic N) is 1. The second-order valence-electron chi connectivity index (χ2n) is 3.41. The fourth-order valence-corrected chi connectivity index (χ4v) is 1.80. The summed E-state index contributed by atoms with van der Waals surface area (Å²) in [5.41, 5.74) is 0. The van der Waals surface area contributed by atoms with Crippen LogP contribution in [0.1, 0.15) is 19.8 Å². The van der Waals surface area contributed by atoms with Gasteiger partial charge in [0.05, 0.1) is 6.61 Å². The average molecular weight is 270 g/mol. The molecule has 92 valence electrons. The number of hydrogen-bond acceptors (Lipinski definition) is 4. The van der Waals surface area contributed by atoms with Gasteiger partial charge in [-0.1, -0.05) is 23.2 Å². The van der Waals surface area contributed by atoms with E-state index in [1.807, 2.05) is 0 Å². The second-order valence-corrected chi connectivity index (χ2v) is 4.79. The topological polar surface area (TPSA) is 66.8 Å². The Morgan fingerprint density at radius 2 is 2.31 bits per heavy atom. The van der Waals surface area contributed by atoms with Gasteiger partial charge >= 0.3 is 5.97 Å². The summed E-state index contributed by atoms with van der Waals surface area (Å²) in [6.07, 6.45) is -0.642. The zero-order valence-corrected chi connectivity index (χ0v) is 10.3. The molecular formula is C9H13Cl2NO4. The van der Waals surface area contributed by atoms with E-state index in [2.05, 4.69) is 4.74 Å². The summed E-state index contributed by atoms with van der Waals surface area (Å²) in [6, 6.07) is 0. The quantitative estimate of drug-likeness (QED) is 0.602. The predicted molar refractivity (Wildman–Crippen MR) is 58.0 cm³/mol. The maximum Gasteiger partial charge on any atom is 0.347 e. The Labute approximate surface area is 103 Å². The van der Waals surface area contributed by atoms with Crippen LogP contribution in [0.4, 0.5) is 0 Å². The minimum absolute atomic E-state index is 0.0979. The molecule has 1 amide bonds. The molecule has 1 fully saturated rings. The molecule has 1 atom stereocenters. The third kappa shape index (κ3) is 2.59. The van der Waals surface area contributed by atoms with Crippen molar-refractivity contribution < 1.29 is 19.4 Å². The van der Waals surface area contributed by atoms with Crippen molar-refractivity contribution in [2.75, 3.05) is 13.2 Å². The molecule has 0 radical (unpaired) electrons. The average Bonchev–Trinajstić information content (AvgIpc) is 2.63. The molecule has 0 aliphatic carbocycles. The molecule has 0 saturated carbocycles. The molecule has 0 bridgehead atoms. The first-order valence-corrected chi connectivity index (χ1v) is 5.69. The van der Waals surface area contributed by atoms with E-state index >= 15 is 0 Å². The van der Waals surface area contributed by atoms with E-state index < -0.39 is 16.5 Å². The predicted octanol–water partition coefficient (Wildman–Crippen LogP) is 0.664. The summed E-state index contributed by atoms with van der Waals surface area (Å²) in [4.78, 5) is 23.8. The molecule has 1 rings (SSSR count). The zero-order chi connectivity index (χ0) is 12.3. The first kappa shape index (κ1) is 13.5. The Bertz CT molecular complexity index is 295. The van der Waals surface area contributed by atoms with Gasteiger partial charge in [-0.3, -0.25) is 4.79 Å². The first-order chi connectivity index (χ1) is 7.41.